The molecule has 1 heterocycles. The molecule has 5 nitrogen and oxygen atoms in total. The van der Waals surface area contributed by atoms with Crippen molar-refractivity contribution in [2.24, 2.45) is 0 Å². The van der Waals surface area contributed by atoms with Crippen molar-refractivity contribution in [3.8, 4) is 11.5 Å². The molecule has 0 saturated carbocycles. The summed E-state index contributed by atoms with van der Waals surface area (Å²) in [6.45, 7) is 4.00. The van der Waals surface area contributed by atoms with Crippen LogP contribution in [0.4, 0.5) is 14.5 Å². The zero-order chi connectivity index (χ0) is 13.2. The van der Waals surface area contributed by atoms with Crippen LogP contribution in [-0.2, 0) is 0 Å². The zero-order valence-electron chi connectivity index (χ0n) is 10.2. The van der Waals surface area contributed by atoms with Crippen LogP contribution in [0, 0.1) is 0 Å². The first-order valence-corrected chi connectivity index (χ1v) is 4.84. The van der Waals surface area contributed by atoms with E-state index in [1.807, 2.05) is 13.8 Å². The van der Waals surface area contributed by atoms with Crippen molar-refractivity contribution in [2.75, 3.05) is 5.73 Å². The summed E-state index contributed by atoms with van der Waals surface area (Å²) >= 11 is 0. The van der Waals surface area contributed by atoms with Crippen LogP contribution >= 0.6 is 0 Å². The average Bonchev–Trinajstić information content (AvgIpc) is 2.52. The maximum Gasteiger partial charge on any atom is 1.00 e. The predicted molar refractivity (Wildman–Crippen MR) is 57.1 cm³/mol. The second-order valence-corrected chi connectivity index (χ2v) is 2.88. The number of benzene rings is 1. The Balaban J connectivity index is 0.000000917. The number of fused-ring (bicyclic) bond motifs is 1. The number of alkyl halides is 2. The van der Waals surface area contributed by atoms with E-state index in [2.05, 4.69) is 9.47 Å². The van der Waals surface area contributed by atoms with Gasteiger partial charge in [-0.25, -0.2) is 0 Å². The van der Waals surface area contributed by atoms with E-state index >= 15 is 0 Å². The fraction of sp³-hybridized carbons (Fsp3) is 0.300. The molecular formula is C10H11F2N2O3Rb. The van der Waals surface area contributed by atoms with Crippen molar-refractivity contribution >= 4 is 11.6 Å². The summed E-state index contributed by atoms with van der Waals surface area (Å²) in [6, 6.07) is 1.99. The van der Waals surface area contributed by atoms with E-state index in [4.69, 9.17) is 11.5 Å². The number of halogens is 2. The van der Waals surface area contributed by atoms with Gasteiger partial charge in [0.25, 0.3) is 0 Å². The number of ether oxygens (including phenoxy) is 2. The standard InChI is InChI=1S/C8H6F2N2O3.C2H6.Rb/c9-8(10)14-5-1-3(7(12)13)4(11)2-6(5)15-8;1-2;/h1-2H,(H4,11,12,13);1-2H3;/q;;+1/p-1. The quantitative estimate of drug-likeness (QED) is 0.723. The van der Waals surface area contributed by atoms with Crippen LogP contribution in [0.3, 0.4) is 0 Å². The fourth-order valence-electron chi connectivity index (χ4n) is 1.21. The molecule has 0 radical (unpaired) electrons. The normalized spacial score (nSPS) is 14.0. The third kappa shape index (κ3) is 3.87. The molecule has 18 heavy (non-hydrogen) atoms. The minimum absolute atomic E-state index is 0. The van der Waals surface area contributed by atoms with E-state index in [-0.39, 0.29) is 80.9 Å². The molecule has 8 heteroatoms. The average molecular weight is 331 g/mol. The molecule has 0 unspecified atom stereocenters. The number of nitrogens with one attached hydrogen (secondary N) is 1. The van der Waals surface area contributed by atoms with E-state index in [9.17, 15) is 13.6 Å². The van der Waals surface area contributed by atoms with Crippen LogP contribution in [-0.4, -0.2) is 12.2 Å². The molecular weight excluding hydrogens is 320 g/mol. The maximum absolute atomic E-state index is 12.6. The Morgan fingerprint density at radius 1 is 1.28 bits per heavy atom. The van der Waals surface area contributed by atoms with Crippen LogP contribution in [0.2, 0.25) is 0 Å². The van der Waals surface area contributed by atoms with Gasteiger partial charge in [-0.1, -0.05) is 13.8 Å². The number of nitrogens with two attached hydrogens (primary N) is 1. The summed E-state index contributed by atoms with van der Waals surface area (Å²) in [5.74, 6) is -1.62. The predicted octanol–water partition coefficient (Wildman–Crippen LogP) is -0.187. The van der Waals surface area contributed by atoms with Crippen LogP contribution in [0.25, 0.3) is 5.73 Å². The third-order valence-electron chi connectivity index (χ3n) is 1.82. The molecule has 2 rings (SSSR count). The van der Waals surface area contributed by atoms with Crippen molar-refractivity contribution in [3.05, 3.63) is 23.4 Å². The summed E-state index contributed by atoms with van der Waals surface area (Å²) in [5, 5.41) is 0. The first-order valence-electron chi connectivity index (χ1n) is 4.84. The molecule has 0 spiro atoms. The second-order valence-electron chi connectivity index (χ2n) is 2.88. The number of nitrogen functional groups attached to an aromatic ring is 1. The van der Waals surface area contributed by atoms with Crippen LogP contribution in [0.15, 0.2) is 12.1 Å². The Kier molecular flexibility index (Phi) is 6.69. The Labute approximate surface area is 152 Å². The number of hydrogen-bond acceptors (Lipinski definition) is 4. The van der Waals surface area contributed by atoms with Crippen molar-refractivity contribution < 1.29 is 81.2 Å². The van der Waals surface area contributed by atoms with Crippen LogP contribution in [0.1, 0.15) is 24.2 Å². The first-order chi connectivity index (χ1) is 7.89. The van der Waals surface area contributed by atoms with Gasteiger partial charge in [0.2, 0.25) is 0 Å². The number of anilines is 1. The largest absolute Gasteiger partial charge is 1.00 e. The molecule has 1 aromatic carbocycles. The van der Waals surface area contributed by atoms with Crippen molar-refractivity contribution in [3.63, 3.8) is 0 Å². The van der Waals surface area contributed by atoms with E-state index < -0.39 is 12.2 Å². The molecule has 94 valence electrons. The van der Waals surface area contributed by atoms with Crippen molar-refractivity contribution in [2.45, 2.75) is 20.1 Å². The smallest absolute Gasteiger partial charge is 0.663 e. The van der Waals surface area contributed by atoms with Gasteiger partial charge in [0.15, 0.2) is 11.5 Å². The SMILES string of the molecule is CC.[NH-]C(=O)c1cc2c(cc1N)OC(F)(F)O2.[Rb+]. The molecule has 1 aliphatic heterocycles. The Morgan fingerprint density at radius 2 is 1.72 bits per heavy atom. The fourth-order valence-corrected chi connectivity index (χ4v) is 1.21. The van der Waals surface area contributed by atoms with Crippen LogP contribution in [0.5, 0.6) is 11.5 Å². The molecule has 1 aromatic rings. The zero-order valence-corrected chi connectivity index (χ0v) is 15.1. The Hall–Kier alpha value is -0.245. The molecule has 1 amide bonds. The summed E-state index contributed by atoms with van der Waals surface area (Å²) in [4.78, 5) is 10.7. The third-order valence-corrected chi connectivity index (χ3v) is 1.82. The van der Waals surface area contributed by atoms with E-state index in [0.29, 0.717) is 0 Å². The van der Waals surface area contributed by atoms with Crippen molar-refractivity contribution in [1.29, 1.82) is 0 Å². The Bertz CT molecular complexity index is 455. The van der Waals surface area contributed by atoms with Gasteiger partial charge in [0, 0.05) is 17.3 Å². The molecule has 0 aliphatic carbocycles. The van der Waals surface area contributed by atoms with Gasteiger partial charge in [-0.15, -0.1) is 8.78 Å². The molecule has 0 atom stereocenters. The summed E-state index contributed by atoms with van der Waals surface area (Å²) in [6.07, 6.45) is -3.75. The van der Waals surface area contributed by atoms with E-state index in [0.717, 1.165) is 12.1 Å². The van der Waals surface area contributed by atoms with Crippen molar-refractivity contribution in [1.82, 2.24) is 0 Å². The molecule has 1 aliphatic rings. The van der Waals surface area contributed by atoms with Gasteiger partial charge < -0.3 is 25.7 Å². The van der Waals surface area contributed by atoms with Crippen LogP contribution < -0.4 is 73.4 Å². The topological polar surface area (TPSA) is 85.4 Å². The minimum Gasteiger partial charge on any atom is -0.663 e. The number of carbonyl (C=O) groups is 1. The summed E-state index contributed by atoms with van der Waals surface area (Å²) in [5.41, 5.74) is 11.9. The van der Waals surface area contributed by atoms with Gasteiger partial charge in [-0.05, 0) is 6.07 Å². The first kappa shape index (κ1) is 17.8. The molecule has 0 saturated heterocycles. The molecule has 0 aromatic heterocycles. The molecule has 0 bridgehead atoms. The van der Waals surface area contributed by atoms with Gasteiger partial charge >= 0.3 is 64.5 Å². The van der Waals surface area contributed by atoms with Gasteiger partial charge in [0.05, 0.1) is 5.91 Å². The summed E-state index contributed by atoms with van der Waals surface area (Å²) < 4.78 is 33.4. The molecule has 3 N–H and O–H groups in total. The maximum atomic E-state index is 12.6. The number of amides is 1. The number of carbonyl (C=O) groups excluding carboxylic acids is 1. The van der Waals surface area contributed by atoms with Gasteiger partial charge in [0.1, 0.15) is 0 Å². The summed E-state index contributed by atoms with van der Waals surface area (Å²) in [7, 11) is 0. The Morgan fingerprint density at radius 3 is 2.17 bits per heavy atom. The second kappa shape index (κ2) is 6.79. The molecule has 0 fully saturated rings. The van der Waals surface area contributed by atoms with E-state index in [1.54, 1.807) is 0 Å². The minimum atomic E-state index is -3.75. The monoisotopic (exact) mass is 330 g/mol. The number of rotatable bonds is 1. The number of hydrogen-bond donors (Lipinski definition) is 1. The van der Waals surface area contributed by atoms with Gasteiger partial charge in [-0.3, -0.25) is 0 Å². The van der Waals surface area contributed by atoms with E-state index in [1.165, 1.54) is 0 Å². The van der Waals surface area contributed by atoms with Gasteiger partial charge in [-0.2, -0.15) is 0 Å².